The maximum absolute atomic E-state index is 14.9. The van der Waals surface area contributed by atoms with Gasteiger partial charge in [-0.3, -0.25) is 5.10 Å². The highest BCUT2D eigenvalue weighted by atomic mass is 19.4. The zero-order chi connectivity index (χ0) is 23.4. The van der Waals surface area contributed by atoms with Crippen LogP contribution < -0.4 is 10.6 Å². The number of alkyl halides is 4. The minimum absolute atomic E-state index is 0.0779. The fourth-order valence-corrected chi connectivity index (χ4v) is 3.49. The Kier molecular flexibility index (Phi) is 4.92. The van der Waals surface area contributed by atoms with E-state index in [-0.39, 0.29) is 35.0 Å². The lowest BCUT2D eigenvalue weighted by Crippen LogP contribution is -2.39. The number of anilines is 2. The number of aromatic amines is 1. The van der Waals surface area contributed by atoms with Gasteiger partial charge in [-0.1, -0.05) is 0 Å². The Bertz CT molecular complexity index is 1190. The Morgan fingerprint density at radius 3 is 2.88 bits per heavy atom. The largest absolute Gasteiger partial charge is 0.441 e. The molecule has 1 aliphatic carbocycles. The van der Waals surface area contributed by atoms with Crippen molar-refractivity contribution < 1.29 is 31.8 Å². The van der Waals surface area contributed by atoms with Crippen molar-refractivity contribution in [2.45, 2.75) is 49.9 Å². The average molecular weight is 469 g/mol. The van der Waals surface area contributed by atoms with E-state index in [0.29, 0.717) is 0 Å². The topological polar surface area (TPSA) is 118 Å². The van der Waals surface area contributed by atoms with Crippen LogP contribution in [0.4, 0.5) is 34.0 Å². The minimum Gasteiger partial charge on any atom is -0.441 e. The van der Waals surface area contributed by atoms with Crippen molar-refractivity contribution in [2.75, 3.05) is 11.9 Å². The molecule has 0 unspecified atom stereocenters. The molecule has 1 saturated heterocycles. The second-order valence-electron chi connectivity index (χ2n) is 8.29. The second-order valence-corrected chi connectivity index (χ2v) is 8.29. The van der Waals surface area contributed by atoms with Crippen molar-refractivity contribution in [2.24, 2.45) is 0 Å². The lowest BCUT2D eigenvalue weighted by molar-refractivity contribution is -0.141. The van der Waals surface area contributed by atoms with Crippen LogP contribution in [0.15, 0.2) is 24.5 Å². The number of halogens is 4. The molecular weight excluding hydrogens is 450 g/mol. The highest BCUT2D eigenvalue weighted by Gasteiger charge is 2.44. The van der Waals surface area contributed by atoms with Crippen molar-refractivity contribution in [3.63, 3.8) is 0 Å². The van der Waals surface area contributed by atoms with E-state index in [1.54, 1.807) is 0 Å². The van der Waals surface area contributed by atoms with Crippen molar-refractivity contribution in [3.05, 3.63) is 35.9 Å². The van der Waals surface area contributed by atoms with Gasteiger partial charge in [0.05, 0.1) is 12.3 Å². The molecule has 3 atom stereocenters. The van der Waals surface area contributed by atoms with E-state index in [4.69, 9.17) is 9.47 Å². The van der Waals surface area contributed by atoms with Crippen molar-refractivity contribution >= 4 is 23.2 Å². The molecule has 2 fully saturated rings. The van der Waals surface area contributed by atoms with Crippen LogP contribution in [0.25, 0.3) is 5.52 Å². The molecule has 0 radical (unpaired) electrons. The summed E-state index contributed by atoms with van der Waals surface area (Å²) in [4.78, 5) is 16.0. The molecule has 4 heterocycles. The molecule has 1 aliphatic heterocycles. The number of H-pyrrole nitrogens is 1. The third kappa shape index (κ3) is 4.29. The predicted octanol–water partition coefficient (Wildman–Crippen LogP) is 3.27. The van der Waals surface area contributed by atoms with E-state index in [9.17, 15) is 22.4 Å². The van der Waals surface area contributed by atoms with Gasteiger partial charge in [-0.05, 0) is 19.8 Å². The number of carbonyl (C=O) groups excluding carboxylic acids is 1. The van der Waals surface area contributed by atoms with Crippen LogP contribution in [-0.4, -0.2) is 55.3 Å². The van der Waals surface area contributed by atoms with Crippen LogP contribution in [0.1, 0.15) is 37.3 Å². The number of hydrogen-bond acceptors (Lipinski definition) is 7. The van der Waals surface area contributed by atoms with Gasteiger partial charge in [0.25, 0.3) is 0 Å². The van der Waals surface area contributed by atoms with Gasteiger partial charge < -0.3 is 20.1 Å². The van der Waals surface area contributed by atoms with Gasteiger partial charge in [-0.25, -0.2) is 18.7 Å². The first-order valence-corrected chi connectivity index (χ1v) is 10.1. The number of ether oxygens (including phenoxy) is 2. The normalized spacial score (nSPS) is 24.1. The molecule has 176 valence electrons. The first-order chi connectivity index (χ1) is 15.6. The molecule has 2 aliphatic rings. The standard InChI is InChI=1S/C19H19F4N7O3/c1-18(2-3-18)26-17(31)33-11-8-32-15(14(11)20)9-6-13(28-27-9)25-16-10-7-12(19(21,22)23)29-30(10)5-4-24-16/h4-7,11,14-15H,2-3,8H2,1H3,(H,26,31)(H2,24,25,27,28)/t11-,14+,15-/m1/s1. The van der Waals surface area contributed by atoms with Gasteiger partial charge in [-0.2, -0.15) is 23.4 Å². The zero-order valence-electron chi connectivity index (χ0n) is 17.2. The van der Waals surface area contributed by atoms with Crippen molar-refractivity contribution in [1.29, 1.82) is 0 Å². The summed E-state index contributed by atoms with van der Waals surface area (Å²) >= 11 is 0. The number of hydrogen-bond donors (Lipinski definition) is 3. The summed E-state index contributed by atoms with van der Waals surface area (Å²) in [6.07, 6.45) is -4.83. The van der Waals surface area contributed by atoms with E-state index < -0.39 is 36.3 Å². The number of fused-ring (bicyclic) bond motifs is 1. The SMILES string of the molecule is CC1(NC(=O)O[C@@H]2CO[C@H](c3cc(Nc4nccn5nc(C(F)(F)F)cc45)n[nH]3)[C@H]2F)CC1. The molecule has 1 amide bonds. The number of rotatable bonds is 5. The van der Waals surface area contributed by atoms with E-state index in [1.807, 2.05) is 6.92 Å². The van der Waals surface area contributed by atoms with E-state index >= 15 is 0 Å². The van der Waals surface area contributed by atoms with Crippen LogP contribution in [-0.2, 0) is 15.7 Å². The lowest BCUT2D eigenvalue weighted by atomic mass is 10.1. The Morgan fingerprint density at radius 1 is 1.36 bits per heavy atom. The molecule has 0 aromatic carbocycles. The molecule has 5 rings (SSSR count). The highest BCUT2D eigenvalue weighted by molar-refractivity contribution is 5.72. The Hall–Kier alpha value is -3.42. The van der Waals surface area contributed by atoms with Gasteiger partial charge in [-0.15, -0.1) is 0 Å². The number of alkyl carbamates (subject to hydrolysis) is 1. The van der Waals surface area contributed by atoms with Crippen molar-refractivity contribution in [1.82, 2.24) is 30.1 Å². The quantitative estimate of drug-likeness (QED) is 0.491. The van der Waals surface area contributed by atoms with Gasteiger partial charge in [0.2, 0.25) is 0 Å². The Morgan fingerprint density at radius 2 is 2.15 bits per heavy atom. The van der Waals surface area contributed by atoms with Gasteiger partial charge >= 0.3 is 12.3 Å². The van der Waals surface area contributed by atoms with Crippen LogP contribution in [0.5, 0.6) is 0 Å². The number of nitrogens with zero attached hydrogens (tertiary/aromatic N) is 4. The molecule has 3 aromatic heterocycles. The fourth-order valence-electron chi connectivity index (χ4n) is 3.49. The van der Waals surface area contributed by atoms with E-state index in [2.05, 4.69) is 30.9 Å². The number of aromatic nitrogens is 5. The average Bonchev–Trinajstić information content (AvgIpc) is 3.13. The third-order valence-electron chi connectivity index (χ3n) is 5.58. The Labute approximate surface area is 183 Å². The third-order valence-corrected chi connectivity index (χ3v) is 5.58. The molecule has 14 heteroatoms. The predicted molar refractivity (Wildman–Crippen MR) is 104 cm³/mol. The van der Waals surface area contributed by atoms with Gasteiger partial charge in [0.15, 0.2) is 29.6 Å². The molecule has 10 nitrogen and oxygen atoms in total. The molecule has 1 saturated carbocycles. The molecule has 33 heavy (non-hydrogen) atoms. The summed E-state index contributed by atoms with van der Waals surface area (Å²) in [5, 5.41) is 15.6. The van der Waals surface area contributed by atoms with Crippen molar-refractivity contribution in [3.8, 4) is 0 Å². The van der Waals surface area contributed by atoms with Crippen LogP contribution in [0.2, 0.25) is 0 Å². The molecular formula is C19H19F4N7O3. The molecule has 3 N–H and O–H groups in total. The maximum Gasteiger partial charge on any atom is 0.435 e. The van der Waals surface area contributed by atoms with Crippen LogP contribution >= 0.6 is 0 Å². The highest BCUT2D eigenvalue weighted by Crippen LogP contribution is 2.36. The zero-order valence-corrected chi connectivity index (χ0v) is 17.2. The molecule has 0 spiro atoms. The van der Waals surface area contributed by atoms with Crippen LogP contribution in [0.3, 0.4) is 0 Å². The number of amides is 1. The van der Waals surface area contributed by atoms with Gasteiger partial charge in [0.1, 0.15) is 11.6 Å². The Balaban J connectivity index is 1.27. The lowest BCUT2D eigenvalue weighted by Gasteiger charge is -2.17. The summed E-state index contributed by atoms with van der Waals surface area (Å²) in [6, 6.07) is 2.30. The number of carbonyl (C=O) groups is 1. The first-order valence-electron chi connectivity index (χ1n) is 10.1. The maximum atomic E-state index is 14.9. The molecule has 3 aromatic rings. The first kappa shape index (κ1) is 21.4. The summed E-state index contributed by atoms with van der Waals surface area (Å²) in [6.45, 7) is 1.74. The summed E-state index contributed by atoms with van der Waals surface area (Å²) in [7, 11) is 0. The summed E-state index contributed by atoms with van der Waals surface area (Å²) in [5.41, 5.74) is -1.01. The van der Waals surface area contributed by atoms with Crippen LogP contribution in [0, 0.1) is 0 Å². The number of nitrogens with one attached hydrogen (secondary N) is 3. The molecule has 0 bridgehead atoms. The summed E-state index contributed by atoms with van der Waals surface area (Å²) in [5.74, 6) is 0.258. The summed E-state index contributed by atoms with van der Waals surface area (Å²) < 4.78 is 65.4. The van der Waals surface area contributed by atoms with E-state index in [1.165, 1.54) is 18.5 Å². The smallest absolute Gasteiger partial charge is 0.435 e. The second kappa shape index (κ2) is 7.57. The van der Waals surface area contributed by atoms with E-state index in [0.717, 1.165) is 23.4 Å². The minimum atomic E-state index is -4.61. The van der Waals surface area contributed by atoms with Gasteiger partial charge in [0, 0.05) is 30.1 Å². The monoisotopic (exact) mass is 469 g/mol. The fraction of sp³-hybridized carbons (Fsp3) is 0.474.